The van der Waals surface area contributed by atoms with Crippen molar-refractivity contribution in [2.24, 2.45) is 23.2 Å². The van der Waals surface area contributed by atoms with Gasteiger partial charge in [-0.25, -0.2) is 0 Å². The molecular weight excluding hydrogens is 228 g/mol. The van der Waals surface area contributed by atoms with Crippen LogP contribution in [0.5, 0.6) is 0 Å². The predicted octanol–water partition coefficient (Wildman–Crippen LogP) is 4.26. The van der Waals surface area contributed by atoms with Crippen LogP contribution >= 0.6 is 11.8 Å². The van der Waals surface area contributed by atoms with E-state index in [9.17, 15) is 4.79 Å². The van der Waals surface area contributed by atoms with Crippen molar-refractivity contribution in [2.75, 3.05) is 5.75 Å². The lowest BCUT2D eigenvalue weighted by molar-refractivity contribution is -0.134. The maximum atomic E-state index is 12.5. The van der Waals surface area contributed by atoms with Gasteiger partial charge in [-0.1, -0.05) is 25.1 Å². The van der Waals surface area contributed by atoms with E-state index in [0.29, 0.717) is 5.12 Å². The van der Waals surface area contributed by atoms with Crippen LogP contribution in [0.4, 0.5) is 0 Å². The monoisotopic (exact) mass is 252 g/mol. The van der Waals surface area contributed by atoms with Gasteiger partial charge in [0.25, 0.3) is 0 Å². The summed E-state index contributed by atoms with van der Waals surface area (Å²) in [6.45, 7) is 2.20. The van der Waals surface area contributed by atoms with Crippen molar-refractivity contribution < 1.29 is 4.79 Å². The van der Waals surface area contributed by atoms with Gasteiger partial charge in [0.2, 0.25) is 0 Å². The van der Waals surface area contributed by atoms with Crippen molar-refractivity contribution in [3.63, 3.8) is 0 Å². The molecule has 0 aromatic rings. The molecule has 0 aromatic heterocycles. The number of carbonyl (C=O) groups excluding carboxylic acids is 1. The molecule has 0 heterocycles. The third kappa shape index (κ3) is 2.18. The lowest BCUT2D eigenvalue weighted by Crippen LogP contribution is -2.49. The van der Waals surface area contributed by atoms with Crippen LogP contribution in [0.15, 0.2) is 0 Å². The van der Waals surface area contributed by atoms with E-state index in [2.05, 4.69) is 6.92 Å². The molecule has 0 saturated heterocycles. The maximum absolute atomic E-state index is 12.5. The van der Waals surface area contributed by atoms with Crippen LogP contribution in [0.2, 0.25) is 0 Å². The van der Waals surface area contributed by atoms with Crippen molar-refractivity contribution in [1.29, 1.82) is 0 Å². The highest BCUT2D eigenvalue weighted by atomic mass is 32.2. The Hall–Kier alpha value is 0.0200. The first kappa shape index (κ1) is 12.1. The summed E-state index contributed by atoms with van der Waals surface area (Å²) in [6, 6.07) is 0. The molecule has 0 unspecified atom stereocenters. The quantitative estimate of drug-likeness (QED) is 0.695. The normalized spacial score (nSPS) is 43.0. The number of carbonyl (C=O) groups is 1. The molecule has 4 aliphatic carbocycles. The minimum absolute atomic E-state index is 0.132. The molecule has 2 heteroatoms. The van der Waals surface area contributed by atoms with E-state index in [1.54, 1.807) is 11.8 Å². The van der Waals surface area contributed by atoms with Gasteiger partial charge >= 0.3 is 0 Å². The van der Waals surface area contributed by atoms with E-state index in [-0.39, 0.29) is 5.41 Å². The molecular formula is C15H24OS. The molecule has 4 aliphatic rings. The second-order valence-electron chi connectivity index (χ2n) is 6.69. The van der Waals surface area contributed by atoms with E-state index in [1.165, 1.54) is 51.4 Å². The van der Waals surface area contributed by atoms with Crippen LogP contribution in [0.25, 0.3) is 0 Å². The lowest BCUT2D eigenvalue weighted by Gasteiger charge is -2.55. The number of hydrogen-bond donors (Lipinski definition) is 0. The van der Waals surface area contributed by atoms with Crippen LogP contribution < -0.4 is 0 Å². The molecule has 0 aromatic carbocycles. The van der Waals surface area contributed by atoms with Gasteiger partial charge in [0.05, 0.1) is 0 Å². The smallest absolute Gasteiger partial charge is 0.195 e. The Bertz CT molecular complexity index is 275. The van der Waals surface area contributed by atoms with E-state index < -0.39 is 0 Å². The molecule has 4 rings (SSSR count). The van der Waals surface area contributed by atoms with Crippen molar-refractivity contribution >= 4 is 16.9 Å². The van der Waals surface area contributed by atoms with Gasteiger partial charge in [-0.05, 0) is 62.7 Å². The third-order valence-electron chi connectivity index (χ3n) is 5.20. The molecule has 0 radical (unpaired) electrons. The van der Waals surface area contributed by atoms with Crippen LogP contribution in [0.1, 0.15) is 58.3 Å². The average Bonchev–Trinajstić information content (AvgIpc) is 2.27. The summed E-state index contributed by atoms with van der Waals surface area (Å²) in [7, 11) is 0. The van der Waals surface area contributed by atoms with E-state index in [4.69, 9.17) is 0 Å². The molecule has 17 heavy (non-hydrogen) atoms. The summed E-state index contributed by atoms with van der Waals surface area (Å²) < 4.78 is 0. The van der Waals surface area contributed by atoms with Gasteiger partial charge in [-0.3, -0.25) is 4.79 Å². The fourth-order valence-electron chi connectivity index (χ4n) is 4.82. The summed E-state index contributed by atoms with van der Waals surface area (Å²) in [5, 5.41) is 0.560. The summed E-state index contributed by atoms with van der Waals surface area (Å²) in [6.07, 6.45) is 10.4. The summed E-state index contributed by atoms with van der Waals surface area (Å²) in [5.74, 6) is 3.75. The highest BCUT2D eigenvalue weighted by Crippen LogP contribution is 2.61. The highest BCUT2D eigenvalue weighted by molar-refractivity contribution is 8.13. The zero-order valence-electron chi connectivity index (χ0n) is 10.9. The minimum Gasteiger partial charge on any atom is -0.287 e. The molecule has 1 nitrogen and oxygen atoms in total. The Morgan fingerprint density at radius 2 is 1.65 bits per heavy atom. The lowest BCUT2D eigenvalue weighted by atomic mass is 9.50. The van der Waals surface area contributed by atoms with E-state index in [0.717, 1.165) is 23.5 Å². The summed E-state index contributed by atoms with van der Waals surface area (Å²) >= 11 is 1.65. The van der Waals surface area contributed by atoms with Gasteiger partial charge in [0.1, 0.15) is 0 Å². The Labute approximate surface area is 109 Å². The van der Waals surface area contributed by atoms with Crippen molar-refractivity contribution in [3.05, 3.63) is 0 Å². The number of hydrogen-bond acceptors (Lipinski definition) is 2. The van der Waals surface area contributed by atoms with Gasteiger partial charge in [0, 0.05) is 11.2 Å². The van der Waals surface area contributed by atoms with Crippen LogP contribution in [0, 0.1) is 23.2 Å². The first-order chi connectivity index (χ1) is 8.22. The van der Waals surface area contributed by atoms with Gasteiger partial charge in [-0.15, -0.1) is 0 Å². The predicted molar refractivity (Wildman–Crippen MR) is 73.0 cm³/mol. The zero-order chi connectivity index (χ0) is 11.9. The zero-order valence-corrected chi connectivity index (χ0v) is 11.7. The second kappa shape index (κ2) is 4.60. The molecule has 4 bridgehead atoms. The van der Waals surface area contributed by atoms with Crippen LogP contribution in [0.3, 0.4) is 0 Å². The van der Waals surface area contributed by atoms with E-state index >= 15 is 0 Å². The number of unbranched alkanes of at least 4 members (excludes halogenated alkanes) is 1. The van der Waals surface area contributed by atoms with Gasteiger partial charge in [-0.2, -0.15) is 0 Å². The molecule has 0 aliphatic heterocycles. The second-order valence-corrected chi connectivity index (χ2v) is 7.76. The Balaban J connectivity index is 1.67. The topological polar surface area (TPSA) is 17.1 Å². The molecule has 96 valence electrons. The number of rotatable bonds is 4. The third-order valence-corrected chi connectivity index (χ3v) is 6.39. The fourth-order valence-corrected chi connectivity index (χ4v) is 6.00. The molecule has 0 spiro atoms. The summed E-state index contributed by atoms with van der Waals surface area (Å²) in [4.78, 5) is 12.5. The van der Waals surface area contributed by atoms with Crippen molar-refractivity contribution in [2.45, 2.75) is 58.3 Å². The van der Waals surface area contributed by atoms with E-state index in [1.807, 2.05) is 0 Å². The molecule has 4 fully saturated rings. The largest absolute Gasteiger partial charge is 0.287 e. The van der Waals surface area contributed by atoms with Gasteiger partial charge in [0.15, 0.2) is 5.12 Å². The SMILES string of the molecule is CCCCSC(=O)C12CC3CC(CC(C3)C1)C2. The van der Waals surface area contributed by atoms with Crippen molar-refractivity contribution in [1.82, 2.24) is 0 Å². The average molecular weight is 252 g/mol. The van der Waals surface area contributed by atoms with Crippen LogP contribution in [-0.4, -0.2) is 10.9 Å². The Kier molecular flexibility index (Phi) is 3.27. The summed E-state index contributed by atoms with van der Waals surface area (Å²) in [5.41, 5.74) is 0.132. The Morgan fingerprint density at radius 1 is 1.12 bits per heavy atom. The molecule has 0 amide bonds. The minimum atomic E-state index is 0.132. The van der Waals surface area contributed by atoms with Crippen molar-refractivity contribution in [3.8, 4) is 0 Å². The van der Waals surface area contributed by atoms with Crippen LogP contribution in [-0.2, 0) is 4.79 Å². The molecule has 0 atom stereocenters. The Morgan fingerprint density at radius 3 is 2.12 bits per heavy atom. The standard InChI is InChI=1S/C15H24OS/c1-2-3-4-17-14(16)15-8-11-5-12(9-15)7-13(6-11)10-15/h11-13H,2-10H2,1H3. The molecule has 4 saturated carbocycles. The highest BCUT2D eigenvalue weighted by Gasteiger charge is 2.54. The molecule has 0 N–H and O–H groups in total. The first-order valence-electron chi connectivity index (χ1n) is 7.39. The number of thioether (sulfide) groups is 1. The maximum Gasteiger partial charge on any atom is 0.195 e. The fraction of sp³-hybridized carbons (Fsp3) is 0.933. The first-order valence-corrected chi connectivity index (χ1v) is 8.37. The van der Waals surface area contributed by atoms with Gasteiger partial charge < -0.3 is 0 Å².